The maximum Gasteiger partial charge on any atom is 0.490 e. The summed E-state index contributed by atoms with van der Waals surface area (Å²) < 4.78 is 53.2. The number of hydrogen-bond donors (Lipinski definition) is 8. The molecular formula is C16H22N5O14P3. The molecule has 0 bridgehead atoms. The van der Waals surface area contributed by atoms with Crippen molar-refractivity contribution in [3.05, 3.63) is 22.6 Å². The number of aromatic nitrogens is 2. The first-order valence-corrected chi connectivity index (χ1v) is 14.9. The van der Waals surface area contributed by atoms with Gasteiger partial charge in [0.05, 0.1) is 18.3 Å². The number of ether oxygens (including phenoxy) is 1. The summed E-state index contributed by atoms with van der Waals surface area (Å²) in [7, 11) is -15.3. The number of phosphoric acid groups is 3. The van der Waals surface area contributed by atoms with Crippen LogP contribution in [0.3, 0.4) is 0 Å². The van der Waals surface area contributed by atoms with Gasteiger partial charge >= 0.3 is 23.5 Å². The normalized spacial score (nSPS) is 28.1. The molecule has 210 valence electrons. The predicted octanol–water partition coefficient (Wildman–Crippen LogP) is -0.124. The third kappa shape index (κ3) is 5.76. The van der Waals surface area contributed by atoms with Gasteiger partial charge in [0.25, 0.3) is 5.56 Å². The molecular weight excluding hydrogens is 579 g/mol. The quantitative estimate of drug-likeness (QED) is 0.174. The van der Waals surface area contributed by atoms with Gasteiger partial charge in [0.2, 0.25) is 0 Å². The number of rotatable bonds is 9. The van der Waals surface area contributed by atoms with E-state index in [2.05, 4.69) is 33.8 Å². The molecule has 1 saturated heterocycles. The van der Waals surface area contributed by atoms with Crippen LogP contribution in [0.25, 0.3) is 10.8 Å². The van der Waals surface area contributed by atoms with E-state index < -0.39 is 59.7 Å². The van der Waals surface area contributed by atoms with Crippen molar-refractivity contribution >= 4 is 57.9 Å². The Kier molecular flexibility index (Phi) is 7.48. The first-order valence-electron chi connectivity index (χ1n) is 10.3. The van der Waals surface area contributed by atoms with Crippen molar-refractivity contribution in [1.82, 2.24) is 9.55 Å². The summed E-state index contributed by atoms with van der Waals surface area (Å²) in [6.07, 6.45) is -1.98. The summed E-state index contributed by atoms with van der Waals surface area (Å²) in [5, 5.41) is 28.2. The van der Waals surface area contributed by atoms with Crippen molar-refractivity contribution in [1.29, 1.82) is 0 Å². The Morgan fingerprint density at radius 2 is 1.89 bits per heavy atom. The maximum atomic E-state index is 12.1. The molecule has 1 fully saturated rings. The second-order valence-electron chi connectivity index (χ2n) is 8.24. The molecule has 19 nitrogen and oxygen atoms in total. The van der Waals surface area contributed by atoms with Gasteiger partial charge in [-0.25, -0.2) is 18.7 Å². The molecule has 2 unspecified atom stereocenters. The molecule has 0 radical (unpaired) electrons. The van der Waals surface area contributed by atoms with Gasteiger partial charge < -0.3 is 49.7 Å². The summed E-state index contributed by atoms with van der Waals surface area (Å²) in [6, 6.07) is 1.24. The molecule has 4 heterocycles. The number of aliphatic hydroxyl groups is 2. The van der Waals surface area contributed by atoms with Crippen LogP contribution >= 0.6 is 23.5 Å². The number of aliphatic imine (C=N–C) groups is 1. The van der Waals surface area contributed by atoms with E-state index in [1.165, 1.54) is 30.1 Å². The van der Waals surface area contributed by atoms with E-state index in [9.17, 15) is 38.5 Å². The van der Waals surface area contributed by atoms with Crippen LogP contribution in [0.1, 0.15) is 13.2 Å². The highest BCUT2D eigenvalue weighted by molar-refractivity contribution is 7.66. The van der Waals surface area contributed by atoms with E-state index in [-0.39, 0.29) is 11.6 Å². The van der Waals surface area contributed by atoms with Crippen molar-refractivity contribution in [3.8, 4) is 0 Å². The SMILES string of the molecule is CNc1cc(=O)nc2c3c(n([C@@H]4O[C@H](COP(=O)(O)OP(=O)(O)OP(=O)(O)O)[C@@H](O)[C@@]4(C)O)cc13)N=CN2. The highest BCUT2D eigenvalue weighted by atomic mass is 31.3. The topological polar surface area (TPSA) is 281 Å². The van der Waals surface area contributed by atoms with Crippen LogP contribution in [0, 0.1) is 0 Å². The number of aliphatic hydroxyl groups excluding tert-OH is 1. The Morgan fingerprint density at radius 3 is 2.53 bits per heavy atom. The zero-order valence-electron chi connectivity index (χ0n) is 19.3. The molecule has 0 spiro atoms. The Bertz CT molecular complexity index is 1500. The van der Waals surface area contributed by atoms with Crippen LogP contribution in [0.4, 0.5) is 17.3 Å². The third-order valence-corrected chi connectivity index (χ3v) is 9.31. The average Bonchev–Trinajstić information content (AvgIpc) is 3.18. The number of nitrogens with one attached hydrogen (secondary N) is 2. The van der Waals surface area contributed by atoms with Crippen LogP contribution in [0.5, 0.6) is 0 Å². The number of hydrogen-bond acceptors (Lipinski definition) is 14. The Hall–Kier alpha value is -2.08. The lowest BCUT2D eigenvalue weighted by atomic mass is 9.96. The molecule has 0 aromatic carbocycles. The average molecular weight is 601 g/mol. The summed E-state index contributed by atoms with van der Waals surface area (Å²) in [5.41, 5.74) is -2.26. The molecule has 2 aliphatic rings. The smallest absolute Gasteiger partial charge is 0.387 e. The van der Waals surface area contributed by atoms with Crippen molar-refractivity contribution in [2.75, 3.05) is 24.3 Å². The van der Waals surface area contributed by atoms with E-state index in [1.54, 1.807) is 7.05 Å². The van der Waals surface area contributed by atoms with Gasteiger partial charge in [-0.15, -0.1) is 0 Å². The molecule has 6 atom stereocenters. The standard InChI is InChI=1S/C16H22N5O14P3/c1-16(24)12(23)9(5-32-37(28,29)35-38(30,31)34-36(25,26)27)33-15(16)21-4-7-8(17-2)3-10(22)20-13-11(7)14(21)19-6-18-13/h3-4,6,9,12,15,17,23-24H,5H2,1-2H3,(H,28,29)(H,30,31)(H2,25,26,27)(H,18,19,20,22)/t9-,12-,15-,16-/m1/s1. The second-order valence-corrected chi connectivity index (χ2v) is 12.7. The highest BCUT2D eigenvalue weighted by Crippen LogP contribution is 2.66. The zero-order valence-corrected chi connectivity index (χ0v) is 22.0. The summed E-state index contributed by atoms with van der Waals surface area (Å²) in [4.78, 5) is 56.5. The van der Waals surface area contributed by atoms with Gasteiger partial charge in [-0.3, -0.25) is 9.32 Å². The Labute approximate surface area is 212 Å². The summed E-state index contributed by atoms with van der Waals surface area (Å²) in [6.45, 7) is 0.199. The summed E-state index contributed by atoms with van der Waals surface area (Å²) in [5.74, 6) is 0.344. The van der Waals surface area contributed by atoms with Crippen molar-refractivity contribution in [2.24, 2.45) is 4.99 Å². The zero-order chi connectivity index (χ0) is 28.3. The fourth-order valence-electron chi connectivity index (χ4n) is 3.98. The van der Waals surface area contributed by atoms with Crippen molar-refractivity contribution < 1.29 is 61.4 Å². The van der Waals surface area contributed by atoms with Gasteiger partial charge in [-0.2, -0.15) is 13.6 Å². The van der Waals surface area contributed by atoms with E-state index >= 15 is 0 Å². The van der Waals surface area contributed by atoms with Crippen LogP contribution in [0.15, 0.2) is 22.1 Å². The fourth-order valence-corrected chi connectivity index (χ4v) is 7.01. The summed E-state index contributed by atoms with van der Waals surface area (Å²) >= 11 is 0. The highest BCUT2D eigenvalue weighted by Gasteiger charge is 2.54. The lowest BCUT2D eigenvalue weighted by Crippen LogP contribution is -2.44. The molecule has 22 heteroatoms. The maximum absolute atomic E-state index is 12.1. The first kappa shape index (κ1) is 28.9. The molecule has 8 N–H and O–H groups in total. The number of anilines is 2. The lowest BCUT2D eigenvalue weighted by molar-refractivity contribution is -0.0954. The second kappa shape index (κ2) is 9.83. The molecule has 0 saturated carbocycles. The number of nitrogens with zero attached hydrogens (tertiary/aromatic N) is 3. The van der Waals surface area contributed by atoms with Gasteiger partial charge in [0, 0.05) is 30.4 Å². The third-order valence-electron chi connectivity index (χ3n) is 5.51. The van der Waals surface area contributed by atoms with Gasteiger partial charge in [0.15, 0.2) is 6.23 Å². The van der Waals surface area contributed by atoms with Crippen LogP contribution in [-0.4, -0.2) is 77.1 Å². The van der Waals surface area contributed by atoms with Crippen molar-refractivity contribution in [3.63, 3.8) is 0 Å². The van der Waals surface area contributed by atoms with Crippen LogP contribution < -0.4 is 16.2 Å². The van der Waals surface area contributed by atoms with E-state index in [4.69, 9.17) is 14.5 Å². The Balaban J connectivity index is 1.62. The fraction of sp³-hybridized carbons (Fsp3) is 0.438. The van der Waals surface area contributed by atoms with E-state index in [1.807, 2.05) is 0 Å². The van der Waals surface area contributed by atoms with Gasteiger partial charge in [0.1, 0.15) is 29.4 Å². The first-order chi connectivity index (χ1) is 17.4. The molecule has 2 aromatic rings. The molecule has 38 heavy (non-hydrogen) atoms. The monoisotopic (exact) mass is 601 g/mol. The van der Waals surface area contributed by atoms with Gasteiger partial charge in [-0.05, 0) is 6.92 Å². The van der Waals surface area contributed by atoms with Crippen LogP contribution in [-0.2, 0) is 31.6 Å². The van der Waals surface area contributed by atoms with Crippen molar-refractivity contribution in [2.45, 2.75) is 31.0 Å². The minimum Gasteiger partial charge on any atom is -0.387 e. The van der Waals surface area contributed by atoms with Crippen LogP contribution in [0.2, 0.25) is 0 Å². The predicted molar refractivity (Wildman–Crippen MR) is 128 cm³/mol. The molecule has 4 rings (SSSR count). The molecule has 2 aromatic heterocycles. The van der Waals surface area contributed by atoms with E-state index in [0.29, 0.717) is 16.5 Å². The lowest BCUT2D eigenvalue weighted by Gasteiger charge is -2.28. The van der Waals surface area contributed by atoms with E-state index in [0.717, 1.165) is 0 Å². The van der Waals surface area contributed by atoms with Gasteiger partial charge in [-0.1, -0.05) is 0 Å². The minimum atomic E-state index is -5.76. The molecule has 0 amide bonds. The largest absolute Gasteiger partial charge is 0.490 e. The molecule has 2 aliphatic heterocycles. The Morgan fingerprint density at radius 1 is 1.21 bits per heavy atom. The molecule has 0 aliphatic carbocycles. The number of phosphoric ester groups is 1. The minimum absolute atomic E-state index is 0.164.